The third kappa shape index (κ3) is 8.36. The lowest BCUT2D eigenvalue weighted by Crippen LogP contribution is -2.63. The molecule has 0 aliphatic carbocycles. The number of primary amides is 1. The van der Waals surface area contributed by atoms with Gasteiger partial charge in [0.05, 0.1) is 0 Å². The molecule has 4 amide bonds. The molecular weight excluding hydrogens is 464 g/mol. The van der Waals surface area contributed by atoms with Crippen molar-refractivity contribution in [1.29, 1.82) is 0 Å². The Balaban J connectivity index is 3.09. The molecule has 202 valence electrons. The SMILES string of the molecule is CC(C)[C@H](NC(=O)[C@@H]1CCCN1C(=O)[C@H](CCCCN)NC(=O)[C@@](N)(CCCN)C(F)F)C(N)=O. The standard InChI is InChI=1S/C22H41F2N7O4/c1-13(2)16(17(27)32)30-18(33)15-8-5-12-31(15)19(34)14(7-3-4-10-25)29-21(35)22(28,20(23)24)9-6-11-26/h13-16,20H,3-12,25-26,28H2,1-2H3,(H2,27,32)(H,29,35)(H,30,33)/t14-,15-,16-,22+/m0/s1. The van der Waals surface area contributed by atoms with E-state index in [-0.39, 0.29) is 38.3 Å². The van der Waals surface area contributed by atoms with E-state index in [2.05, 4.69) is 10.6 Å². The van der Waals surface area contributed by atoms with Gasteiger partial charge in [-0.2, -0.15) is 0 Å². The van der Waals surface area contributed by atoms with Crippen molar-refractivity contribution in [3.05, 3.63) is 0 Å². The van der Waals surface area contributed by atoms with Gasteiger partial charge in [0, 0.05) is 6.54 Å². The Labute approximate surface area is 205 Å². The van der Waals surface area contributed by atoms with Crippen LogP contribution in [0.5, 0.6) is 0 Å². The first kappa shape index (κ1) is 30.7. The number of carbonyl (C=O) groups is 4. The summed E-state index contributed by atoms with van der Waals surface area (Å²) < 4.78 is 27.4. The van der Waals surface area contributed by atoms with Crippen LogP contribution in [0.1, 0.15) is 58.8 Å². The van der Waals surface area contributed by atoms with Gasteiger partial charge in [-0.15, -0.1) is 0 Å². The fourth-order valence-corrected chi connectivity index (χ4v) is 4.08. The molecule has 0 aromatic rings. The van der Waals surface area contributed by atoms with Crippen molar-refractivity contribution in [2.45, 2.75) is 88.9 Å². The number of hydrogen-bond donors (Lipinski definition) is 6. The summed E-state index contributed by atoms with van der Waals surface area (Å²) in [4.78, 5) is 52.1. The molecular formula is C22H41F2N7O4. The Hall–Kier alpha value is -2.38. The fraction of sp³-hybridized carbons (Fsp3) is 0.818. The number of hydrogen-bond acceptors (Lipinski definition) is 7. The van der Waals surface area contributed by atoms with E-state index >= 15 is 0 Å². The first-order valence-electron chi connectivity index (χ1n) is 12.1. The average molecular weight is 506 g/mol. The molecule has 1 heterocycles. The van der Waals surface area contributed by atoms with Crippen molar-refractivity contribution in [3.63, 3.8) is 0 Å². The second-order valence-electron chi connectivity index (χ2n) is 9.37. The fourth-order valence-electron chi connectivity index (χ4n) is 4.08. The van der Waals surface area contributed by atoms with E-state index in [0.717, 1.165) is 0 Å². The van der Waals surface area contributed by atoms with E-state index in [1.54, 1.807) is 13.8 Å². The first-order valence-corrected chi connectivity index (χ1v) is 12.1. The lowest BCUT2D eigenvalue weighted by atomic mass is 9.93. The number of carbonyl (C=O) groups excluding carboxylic acids is 4. The van der Waals surface area contributed by atoms with Crippen molar-refractivity contribution in [2.75, 3.05) is 19.6 Å². The Morgan fingerprint density at radius 1 is 1.06 bits per heavy atom. The van der Waals surface area contributed by atoms with Crippen molar-refractivity contribution in [3.8, 4) is 0 Å². The van der Waals surface area contributed by atoms with Gasteiger partial charge in [0.1, 0.15) is 18.1 Å². The number of rotatable bonds is 15. The van der Waals surface area contributed by atoms with Crippen LogP contribution in [-0.2, 0) is 19.2 Å². The van der Waals surface area contributed by atoms with Gasteiger partial charge in [-0.3, -0.25) is 19.2 Å². The highest BCUT2D eigenvalue weighted by Crippen LogP contribution is 2.23. The first-order chi connectivity index (χ1) is 16.4. The topological polar surface area (TPSA) is 200 Å². The highest BCUT2D eigenvalue weighted by Gasteiger charge is 2.45. The molecule has 1 saturated heterocycles. The van der Waals surface area contributed by atoms with Crippen LogP contribution >= 0.6 is 0 Å². The van der Waals surface area contributed by atoms with E-state index in [0.29, 0.717) is 32.2 Å². The summed E-state index contributed by atoms with van der Waals surface area (Å²) in [6.45, 7) is 4.11. The van der Waals surface area contributed by atoms with Crippen molar-refractivity contribution in [2.24, 2.45) is 28.9 Å². The second-order valence-corrected chi connectivity index (χ2v) is 9.37. The van der Waals surface area contributed by atoms with Crippen LogP contribution in [0.4, 0.5) is 8.78 Å². The number of unbranched alkanes of at least 4 members (excludes halogenated alkanes) is 1. The van der Waals surface area contributed by atoms with Gasteiger partial charge in [0.15, 0.2) is 5.54 Å². The number of nitrogens with two attached hydrogens (primary N) is 4. The molecule has 11 nitrogen and oxygen atoms in total. The van der Waals surface area contributed by atoms with Gasteiger partial charge in [-0.25, -0.2) is 8.78 Å². The summed E-state index contributed by atoms with van der Waals surface area (Å²) in [5, 5.41) is 4.99. The average Bonchev–Trinajstić information content (AvgIpc) is 3.29. The summed E-state index contributed by atoms with van der Waals surface area (Å²) in [6, 6.07) is -2.96. The zero-order chi connectivity index (χ0) is 26.8. The second kappa shape index (κ2) is 14.2. The Bertz CT molecular complexity index is 741. The van der Waals surface area contributed by atoms with Crippen molar-refractivity contribution >= 4 is 23.6 Å². The summed E-state index contributed by atoms with van der Waals surface area (Å²) in [5.74, 6) is -3.22. The van der Waals surface area contributed by atoms with Gasteiger partial charge in [0.2, 0.25) is 23.6 Å². The normalized spacial score (nSPS) is 19.3. The number of nitrogens with zero attached hydrogens (tertiary/aromatic N) is 1. The van der Waals surface area contributed by atoms with Crippen molar-refractivity contribution < 1.29 is 28.0 Å². The Kier molecular flexibility index (Phi) is 12.5. The predicted octanol–water partition coefficient (Wildman–Crippen LogP) is -1.08. The number of alkyl halides is 2. The maximum atomic E-state index is 13.7. The molecule has 0 bridgehead atoms. The molecule has 0 spiro atoms. The lowest BCUT2D eigenvalue weighted by molar-refractivity contribution is -0.144. The third-order valence-electron chi connectivity index (χ3n) is 6.27. The molecule has 1 rings (SSSR count). The molecule has 1 fully saturated rings. The van der Waals surface area contributed by atoms with Gasteiger partial charge < -0.3 is 38.5 Å². The molecule has 0 radical (unpaired) electrons. The summed E-state index contributed by atoms with van der Waals surface area (Å²) in [6.07, 6.45) is -1.42. The van der Waals surface area contributed by atoms with E-state index in [4.69, 9.17) is 22.9 Å². The van der Waals surface area contributed by atoms with Gasteiger partial charge >= 0.3 is 0 Å². The summed E-state index contributed by atoms with van der Waals surface area (Å²) in [5.41, 5.74) is 19.5. The minimum absolute atomic E-state index is 0.0745. The minimum atomic E-state index is -3.17. The van der Waals surface area contributed by atoms with Gasteiger partial charge in [0.25, 0.3) is 6.43 Å². The zero-order valence-electron chi connectivity index (χ0n) is 20.6. The minimum Gasteiger partial charge on any atom is -0.368 e. The van der Waals surface area contributed by atoms with Crippen molar-refractivity contribution in [1.82, 2.24) is 15.5 Å². The number of nitrogens with one attached hydrogen (secondary N) is 2. The van der Waals surface area contributed by atoms with Crippen LogP contribution in [0.25, 0.3) is 0 Å². The maximum absolute atomic E-state index is 13.7. The zero-order valence-corrected chi connectivity index (χ0v) is 20.6. The van der Waals surface area contributed by atoms with Gasteiger partial charge in [-0.1, -0.05) is 13.8 Å². The van der Waals surface area contributed by atoms with Crippen LogP contribution in [0, 0.1) is 5.92 Å². The molecule has 0 aromatic carbocycles. The van der Waals surface area contributed by atoms with Crippen LogP contribution in [-0.4, -0.2) is 78.3 Å². The molecule has 35 heavy (non-hydrogen) atoms. The highest BCUT2D eigenvalue weighted by atomic mass is 19.3. The van der Waals surface area contributed by atoms with Crippen LogP contribution in [0.15, 0.2) is 0 Å². The van der Waals surface area contributed by atoms with E-state index in [1.165, 1.54) is 4.90 Å². The van der Waals surface area contributed by atoms with Gasteiger partial charge in [-0.05, 0) is 64.0 Å². The molecule has 0 aromatic heterocycles. The number of halogens is 2. The monoisotopic (exact) mass is 505 g/mol. The van der Waals surface area contributed by atoms with Crippen LogP contribution < -0.4 is 33.6 Å². The van der Waals surface area contributed by atoms with Crippen LogP contribution in [0.2, 0.25) is 0 Å². The molecule has 10 N–H and O–H groups in total. The quantitative estimate of drug-likeness (QED) is 0.152. The van der Waals surface area contributed by atoms with Crippen LogP contribution in [0.3, 0.4) is 0 Å². The Morgan fingerprint density at radius 2 is 1.69 bits per heavy atom. The summed E-state index contributed by atoms with van der Waals surface area (Å²) >= 11 is 0. The highest BCUT2D eigenvalue weighted by molar-refractivity contribution is 5.96. The molecule has 13 heteroatoms. The largest absolute Gasteiger partial charge is 0.368 e. The molecule has 4 atom stereocenters. The van der Waals surface area contributed by atoms with E-state index < -0.39 is 53.7 Å². The number of amides is 4. The maximum Gasteiger partial charge on any atom is 0.265 e. The predicted molar refractivity (Wildman–Crippen MR) is 127 cm³/mol. The molecule has 1 aliphatic rings. The smallest absolute Gasteiger partial charge is 0.265 e. The Morgan fingerprint density at radius 3 is 2.20 bits per heavy atom. The lowest BCUT2D eigenvalue weighted by Gasteiger charge is -2.33. The summed E-state index contributed by atoms with van der Waals surface area (Å²) in [7, 11) is 0. The number of likely N-dealkylation sites (tertiary alicyclic amines) is 1. The molecule has 0 saturated carbocycles. The molecule has 1 aliphatic heterocycles. The third-order valence-corrected chi connectivity index (χ3v) is 6.27. The van der Waals surface area contributed by atoms with E-state index in [9.17, 15) is 28.0 Å². The molecule has 0 unspecified atom stereocenters. The van der Waals surface area contributed by atoms with E-state index in [1.807, 2.05) is 0 Å².